The number of rotatable bonds is 4. The molecule has 0 atom stereocenters. The number of fused-ring (bicyclic) bond motifs is 1. The van der Waals surface area contributed by atoms with Gasteiger partial charge < -0.3 is 10.2 Å². The summed E-state index contributed by atoms with van der Waals surface area (Å²) < 4.78 is 0. The van der Waals surface area contributed by atoms with Gasteiger partial charge in [0.25, 0.3) is 0 Å². The maximum Gasteiger partial charge on any atom is 0.357 e. The maximum atomic E-state index is 11.2. The van der Waals surface area contributed by atoms with Gasteiger partial charge in [-0.1, -0.05) is 35.9 Å². The van der Waals surface area contributed by atoms with Crippen molar-refractivity contribution in [3.8, 4) is 11.1 Å². The van der Waals surface area contributed by atoms with Crippen LogP contribution in [0.4, 0.5) is 0 Å². The fraction of sp³-hybridized carbons (Fsp3) is 0.125. The number of halogens is 1. The lowest BCUT2D eigenvalue weighted by atomic mass is 10.0. The van der Waals surface area contributed by atoms with Gasteiger partial charge in [-0.2, -0.15) is 5.10 Å². The second-order valence-electron chi connectivity index (χ2n) is 4.93. The van der Waals surface area contributed by atoms with E-state index in [0.717, 1.165) is 16.7 Å². The molecule has 0 amide bonds. The van der Waals surface area contributed by atoms with Gasteiger partial charge in [-0.05, 0) is 29.7 Å². The van der Waals surface area contributed by atoms with Crippen molar-refractivity contribution in [2.75, 3.05) is 6.61 Å². The van der Waals surface area contributed by atoms with Crippen molar-refractivity contribution >= 4 is 28.5 Å². The number of carboxylic acid groups (broad SMARTS) is 1. The van der Waals surface area contributed by atoms with Crippen LogP contribution < -0.4 is 0 Å². The highest BCUT2D eigenvalue weighted by Gasteiger charge is 2.15. The van der Waals surface area contributed by atoms with Gasteiger partial charge in [0.05, 0.1) is 10.5 Å². The highest BCUT2D eigenvalue weighted by atomic mass is 35.5. The number of aliphatic hydroxyl groups excluding tert-OH is 1. The smallest absolute Gasteiger partial charge is 0.357 e. The topological polar surface area (TPSA) is 86.2 Å². The Hall–Kier alpha value is -2.37. The molecule has 0 fully saturated rings. The molecule has 0 radical (unpaired) electrons. The average molecular weight is 317 g/mol. The average Bonchev–Trinajstić information content (AvgIpc) is 2.90. The lowest BCUT2D eigenvalue weighted by molar-refractivity contribution is 0.0692. The minimum absolute atomic E-state index is 0.0233. The Bertz CT molecular complexity index is 840. The summed E-state index contributed by atoms with van der Waals surface area (Å²) in [5.74, 6) is -1.09. The predicted molar refractivity (Wildman–Crippen MR) is 84.3 cm³/mol. The van der Waals surface area contributed by atoms with Crippen LogP contribution in [0.3, 0.4) is 0 Å². The Morgan fingerprint density at radius 2 is 1.95 bits per heavy atom. The van der Waals surface area contributed by atoms with Crippen LogP contribution in [-0.2, 0) is 6.42 Å². The summed E-state index contributed by atoms with van der Waals surface area (Å²) in [5.41, 5.74) is 3.21. The van der Waals surface area contributed by atoms with Gasteiger partial charge in [-0.25, -0.2) is 4.79 Å². The molecule has 1 aromatic heterocycles. The van der Waals surface area contributed by atoms with Crippen molar-refractivity contribution in [1.82, 2.24) is 10.2 Å². The third-order valence-electron chi connectivity index (χ3n) is 3.52. The molecule has 3 aromatic rings. The number of carbonyl (C=O) groups is 1. The molecular formula is C16H13ClN2O3. The van der Waals surface area contributed by atoms with Crippen molar-refractivity contribution in [2.24, 2.45) is 0 Å². The van der Waals surface area contributed by atoms with Crippen molar-refractivity contribution < 1.29 is 15.0 Å². The quantitative estimate of drug-likeness (QED) is 0.690. The first-order valence-electron chi connectivity index (χ1n) is 6.71. The number of hydrogen-bond acceptors (Lipinski definition) is 3. The number of nitrogens with one attached hydrogen (secondary N) is 1. The Morgan fingerprint density at radius 3 is 2.59 bits per heavy atom. The summed E-state index contributed by atoms with van der Waals surface area (Å²) in [5, 5.41) is 25.6. The van der Waals surface area contributed by atoms with Gasteiger partial charge in [-0.15, -0.1) is 0 Å². The summed E-state index contributed by atoms with van der Waals surface area (Å²) in [4.78, 5) is 11.2. The summed E-state index contributed by atoms with van der Waals surface area (Å²) >= 11 is 6.29. The summed E-state index contributed by atoms with van der Waals surface area (Å²) in [6, 6.07) is 11.0. The lowest BCUT2D eigenvalue weighted by Crippen LogP contribution is -1.97. The second kappa shape index (κ2) is 5.79. The first-order chi connectivity index (χ1) is 10.6. The standard InChI is InChI=1S/C16H13ClN2O3/c17-13-8-14-12(15(16(21)22)19-18-14)7-11(13)10-3-1-9(2-4-10)5-6-20/h1-4,7-8,20H,5-6H2,(H,18,19)(H,21,22). The molecule has 0 aliphatic carbocycles. The van der Waals surface area contributed by atoms with E-state index in [1.54, 1.807) is 12.1 Å². The normalized spacial score (nSPS) is 11.0. The van der Waals surface area contributed by atoms with Crippen molar-refractivity contribution in [3.63, 3.8) is 0 Å². The molecule has 22 heavy (non-hydrogen) atoms. The number of aromatic nitrogens is 2. The van der Waals surface area contributed by atoms with E-state index in [4.69, 9.17) is 21.8 Å². The minimum atomic E-state index is -1.09. The first kappa shape index (κ1) is 14.6. The molecular weight excluding hydrogens is 304 g/mol. The van der Waals surface area contributed by atoms with E-state index in [0.29, 0.717) is 22.3 Å². The van der Waals surface area contributed by atoms with E-state index in [1.165, 1.54) is 0 Å². The zero-order valence-corrected chi connectivity index (χ0v) is 12.3. The minimum Gasteiger partial charge on any atom is -0.476 e. The molecule has 0 aliphatic heterocycles. The number of benzene rings is 2. The molecule has 112 valence electrons. The van der Waals surface area contributed by atoms with Gasteiger partial charge in [0.15, 0.2) is 5.69 Å². The highest BCUT2D eigenvalue weighted by Crippen LogP contribution is 2.32. The third kappa shape index (κ3) is 2.56. The monoisotopic (exact) mass is 316 g/mol. The highest BCUT2D eigenvalue weighted by molar-refractivity contribution is 6.34. The number of aromatic amines is 1. The van der Waals surface area contributed by atoms with Gasteiger partial charge in [0.1, 0.15) is 0 Å². The molecule has 6 heteroatoms. The zero-order valence-electron chi connectivity index (χ0n) is 11.5. The van der Waals surface area contributed by atoms with Gasteiger partial charge in [0, 0.05) is 17.6 Å². The van der Waals surface area contributed by atoms with Crippen molar-refractivity contribution in [1.29, 1.82) is 0 Å². The van der Waals surface area contributed by atoms with E-state index < -0.39 is 5.97 Å². The summed E-state index contributed by atoms with van der Waals surface area (Å²) in [6.45, 7) is 0.100. The number of carboxylic acids is 1. The molecule has 5 nitrogen and oxygen atoms in total. The molecule has 0 saturated heterocycles. The van der Waals surface area contributed by atoms with Crippen LogP contribution >= 0.6 is 11.6 Å². The van der Waals surface area contributed by atoms with E-state index >= 15 is 0 Å². The molecule has 0 saturated carbocycles. The molecule has 0 bridgehead atoms. The van der Waals surface area contributed by atoms with Crippen LogP contribution in [0, 0.1) is 0 Å². The van der Waals surface area contributed by atoms with Crippen LogP contribution in [0.5, 0.6) is 0 Å². The summed E-state index contributed by atoms with van der Waals surface area (Å²) in [6.07, 6.45) is 0.595. The lowest BCUT2D eigenvalue weighted by Gasteiger charge is -2.07. The van der Waals surface area contributed by atoms with Crippen molar-refractivity contribution in [2.45, 2.75) is 6.42 Å². The van der Waals surface area contributed by atoms with E-state index in [9.17, 15) is 4.79 Å². The van der Waals surface area contributed by atoms with Crippen LogP contribution in [0.15, 0.2) is 36.4 Å². The fourth-order valence-corrected chi connectivity index (χ4v) is 2.68. The van der Waals surface area contributed by atoms with Crippen LogP contribution in [0.1, 0.15) is 16.1 Å². The van der Waals surface area contributed by atoms with Crippen molar-refractivity contribution in [3.05, 3.63) is 52.7 Å². The Kier molecular flexibility index (Phi) is 3.83. The van der Waals surface area contributed by atoms with Crippen LogP contribution in [0.2, 0.25) is 5.02 Å². The third-order valence-corrected chi connectivity index (χ3v) is 3.83. The molecule has 0 unspecified atom stereocenters. The molecule has 3 rings (SSSR count). The predicted octanol–water partition coefficient (Wildman–Crippen LogP) is 3.12. The fourth-order valence-electron chi connectivity index (χ4n) is 2.40. The first-order valence-corrected chi connectivity index (χ1v) is 7.09. The zero-order chi connectivity index (χ0) is 15.7. The number of hydrogen-bond donors (Lipinski definition) is 3. The molecule has 0 aliphatic rings. The Labute approximate surface area is 131 Å². The molecule has 0 spiro atoms. The molecule has 3 N–H and O–H groups in total. The van der Waals surface area contributed by atoms with Crippen LogP contribution in [0.25, 0.3) is 22.0 Å². The van der Waals surface area contributed by atoms with Gasteiger partial charge >= 0.3 is 5.97 Å². The van der Waals surface area contributed by atoms with Gasteiger partial charge in [-0.3, -0.25) is 5.10 Å². The molecule has 1 heterocycles. The number of nitrogens with zero attached hydrogens (tertiary/aromatic N) is 1. The van der Waals surface area contributed by atoms with E-state index in [2.05, 4.69) is 10.2 Å². The Morgan fingerprint density at radius 1 is 1.23 bits per heavy atom. The number of H-pyrrole nitrogens is 1. The summed E-state index contributed by atoms with van der Waals surface area (Å²) in [7, 11) is 0. The SMILES string of the molecule is O=C(O)c1n[nH]c2cc(Cl)c(-c3ccc(CCO)cc3)cc12. The Balaban J connectivity index is 2.11. The van der Waals surface area contributed by atoms with Gasteiger partial charge in [0.2, 0.25) is 0 Å². The molecule has 2 aromatic carbocycles. The van der Waals surface area contributed by atoms with Crippen LogP contribution in [-0.4, -0.2) is 33.0 Å². The number of aliphatic hydroxyl groups is 1. The number of aromatic carboxylic acids is 1. The largest absolute Gasteiger partial charge is 0.476 e. The van der Waals surface area contributed by atoms with E-state index in [-0.39, 0.29) is 12.3 Å². The maximum absolute atomic E-state index is 11.2. The second-order valence-corrected chi connectivity index (χ2v) is 5.33. The van der Waals surface area contributed by atoms with E-state index in [1.807, 2.05) is 24.3 Å².